The first-order valence-electron chi connectivity index (χ1n) is 5.41. The van der Waals surface area contributed by atoms with Gasteiger partial charge in [-0.2, -0.15) is 0 Å². The predicted molar refractivity (Wildman–Crippen MR) is 71.3 cm³/mol. The molecule has 88 valence electrons. The number of amides is 2. The van der Waals surface area contributed by atoms with Crippen LogP contribution in [0.3, 0.4) is 0 Å². The third-order valence-corrected chi connectivity index (χ3v) is 3.40. The molecule has 0 aliphatic heterocycles. The Balaban J connectivity index is 1.90. The number of carbonyl (C=O) groups excluding carboxylic acids is 1. The number of thiophene rings is 1. The summed E-state index contributed by atoms with van der Waals surface area (Å²) in [7, 11) is 0. The Morgan fingerprint density at radius 3 is 2.59 bits per heavy atom. The van der Waals surface area contributed by atoms with Crippen LogP contribution in [-0.4, -0.2) is 6.03 Å². The lowest BCUT2D eigenvalue weighted by Crippen LogP contribution is -2.30. The quantitative estimate of drug-likeness (QED) is 0.853. The van der Waals surface area contributed by atoms with E-state index in [1.54, 1.807) is 11.3 Å². The predicted octanol–water partition coefficient (Wildman–Crippen LogP) is 3.63. The van der Waals surface area contributed by atoms with E-state index >= 15 is 0 Å². The zero-order valence-corrected chi connectivity index (χ0v) is 10.3. The van der Waals surface area contributed by atoms with E-state index in [1.165, 1.54) is 0 Å². The van der Waals surface area contributed by atoms with Crippen LogP contribution < -0.4 is 10.6 Å². The molecule has 1 aromatic heterocycles. The summed E-state index contributed by atoms with van der Waals surface area (Å²) in [5, 5.41) is 7.68. The lowest BCUT2D eigenvalue weighted by Gasteiger charge is -2.13. The molecular weight excluding hydrogens is 232 g/mol. The minimum absolute atomic E-state index is 0.0266. The van der Waals surface area contributed by atoms with Gasteiger partial charge in [-0.3, -0.25) is 0 Å². The highest BCUT2D eigenvalue weighted by atomic mass is 32.1. The van der Waals surface area contributed by atoms with E-state index < -0.39 is 0 Å². The van der Waals surface area contributed by atoms with Crippen molar-refractivity contribution in [2.75, 3.05) is 5.32 Å². The van der Waals surface area contributed by atoms with Gasteiger partial charge in [-0.15, -0.1) is 11.3 Å². The fourth-order valence-electron chi connectivity index (χ4n) is 1.49. The van der Waals surface area contributed by atoms with E-state index in [4.69, 9.17) is 0 Å². The molecule has 0 unspecified atom stereocenters. The molecular formula is C13H14N2OS. The van der Waals surface area contributed by atoms with Crippen molar-refractivity contribution in [2.24, 2.45) is 0 Å². The Labute approximate surface area is 104 Å². The normalized spacial score (nSPS) is 11.8. The van der Waals surface area contributed by atoms with Crippen LogP contribution in [0.15, 0.2) is 47.8 Å². The smallest absolute Gasteiger partial charge is 0.319 e. The fourth-order valence-corrected chi connectivity index (χ4v) is 2.23. The van der Waals surface area contributed by atoms with E-state index in [-0.39, 0.29) is 12.1 Å². The van der Waals surface area contributed by atoms with Gasteiger partial charge >= 0.3 is 6.03 Å². The van der Waals surface area contributed by atoms with Gasteiger partial charge in [-0.05, 0) is 30.5 Å². The van der Waals surface area contributed by atoms with Crippen LogP contribution in [-0.2, 0) is 0 Å². The molecule has 1 atom stereocenters. The molecule has 2 N–H and O–H groups in total. The molecule has 1 aromatic carbocycles. The summed E-state index contributed by atoms with van der Waals surface area (Å²) in [6.45, 7) is 1.97. The lowest BCUT2D eigenvalue weighted by atomic mass is 10.3. The van der Waals surface area contributed by atoms with E-state index in [0.717, 1.165) is 10.6 Å². The average molecular weight is 246 g/mol. The van der Waals surface area contributed by atoms with Crippen LogP contribution in [0.4, 0.5) is 10.5 Å². The van der Waals surface area contributed by atoms with Gasteiger partial charge in [0, 0.05) is 10.6 Å². The van der Waals surface area contributed by atoms with Crippen LogP contribution >= 0.6 is 11.3 Å². The van der Waals surface area contributed by atoms with Crippen molar-refractivity contribution in [3.63, 3.8) is 0 Å². The van der Waals surface area contributed by atoms with Crippen LogP contribution in [0.2, 0.25) is 0 Å². The summed E-state index contributed by atoms with van der Waals surface area (Å²) in [4.78, 5) is 12.8. The van der Waals surface area contributed by atoms with Crippen LogP contribution in [0, 0.1) is 0 Å². The van der Waals surface area contributed by atoms with Gasteiger partial charge in [0.25, 0.3) is 0 Å². The molecule has 0 bridgehead atoms. The topological polar surface area (TPSA) is 41.1 Å². The molecule has 0 radical (unpaired) electrons. The summed E-state index contributed by atoms with van der Waals surface area (Å²) in [6.07, 6.45) is 0. The molecule has 17 heavy (non-hydrogen) atoms. The van der Waals surface area contributed by atoms with Crippen LogP contribution in [0.25, 0.3) is 0 Å². The Kier molecular flexibility index (Phi) is 3.77. The summed E-state index contributed by atoms with van der Waals surface area (Å²) >= 11 is 1.64. The van der Waals surface area contributed by atoms with E-state index in [2.05, 4.69) is 10.6 Å². The Bertz CT molecular complexity index is 467. The van der Waals surface area contributed by atoms with Crippen molar-refractivity contribution >= 4 is 23.1 Å². The van der Waals surface area contributed by atoms with Crippen LogP contribution in [0.5, 0.6) is 0 Å². The molecule has 0 fully saturated rings. The highest BCUT2D eigenvalue weighted by Crippen LogP contribution is 2.18. The van der Waals surface area contributed by atoms with Gasteiger partial charge in [-0.25, -0.2) is 4.79 Å². The molecule has 0 aliphatic carbocycles. The number of anilines is 1. The number of hydrogen-bond acceptors (Lipinski definition) is 2. The van der Waals surface area contributed by atoms with Gasteiger partial charge in [0.15, 0.2) is 0 Å². The maximum atomic E-state index is 11.7. The SMILES string of the molecule is C[C@H](NC(=O)Nc1ccccc1)c1cccs1. The molecule has 4 heteroatoms. The minimum atomic E-state index is -0.183. The first kappa shape index (κ1) is 11.7. The highest BCUT2D eigenvalue weighted by Gasteiger charge is 2.09. The summed E-state index contributed by atoms with van der Waals surface area (Å²) in [5.41, 5.74) is 0.795. The lowest BCUT2D eigenvalue weighted by molar-refractivity contribution is 0.249. The molecule has 0 aliphatic rings. The Morgan fingerprint density at radius 2 is 1.94 bits per heavy atom. The van der Waals surface area contributed by atoms with Crippen molar-refractivity contribution in [2.45, 2.75) is 13.0 Å². The van der Waals surface area contributed by atoms with Gasteiger partial charge in [0.05, 0.1) is 6.04 Å². The van der Waals surface area contributed by atoms with Crippen molar-refractivity contribution < 1.29 is 4.79 Å². The summed E-state index contributed by atoms with van der Waals surface area (Å²) in [5.74, 6) is 0. The second kappa shape index (κ2) is 5.50. The summed E-state index contributed by atoms with van der Waals surface area (Å²) < 4.78 is 0. The molecule has 3 nitrogen and oxygen atoms in total. The molecule has 0 saturated carbocycles. The van der Waals surface area contributed by atoms with E-state index in [9.17, 15) is 4.79 Å². The van der Waals surface area contributed by atoms with Gasteiger partial charge in [0.1, 0.15) is 0 Å². The number of urea groups is 1. The first-order valence-corrected chi connectivity index (χ1v) is 6.29. The number of benzene rings is 1. The average Bonchev–Trinajstić information content (AvgIpc) is 2.83. The standard InChI is InChI=1S/C13H14N2OS/c1-10(12-8-5-9-17-12)14-13(16)15-11-6-3-2-4-7-11/h2-10H,1H3,(H2,14,15,16)/t10-/m0/s1. The molecule has 2 amide bonds. The van der Waals surface area contributed by atoms with Crippen LogP contribution in [0.1, 0.15) is 17.8 Å². The van der Waals surface area contributed by atoms with Crippen molar-refractivity contribution in [1.29, 1.82) is 0 Å². The van der Waals surface area contributed by atoms with Gasteiger partial charge < -0.3 is 10.6 Å². The number of hydrogen-bond donors (Lipinski definition) is 2. The monoisotopic (exact) mass is 246 g/mol. The second-order valence-corrected chi connectivity index (χ2v) is 4.68. The first-order chi connectivity index (χ1) is 8.25. The minimum Gasteiger partial charge on any atom is -0.331 e. The number of nitrogens with one attached hydrogen (secondary N) is 2. The maximum Gasteiger partial charge on any atom is 0.319 e. The molecule has 2 rings (SSSR count). The van der Waals surface area contributed by atoms with Crippen molar-refractivity contribution in [3.05, 3.63) is 52.7 Å². The van der Waals surface area contributed by atoms with E-state index in [1.807, 2.05) is 54.8 Å². The van der Waals surface area contributed by atoms with Crippen molar-refractivity contribution in [1.82, 2.24) is 5.32 Å². The van der Waals surface area contributed by atoms with E-state index in [0.29, 0.717) is 0 Å². The largest absolute Gasteiger partial charge is 0.331 e. The Hall–Kier alpha value is -1.81. The zero-order chi connectivity index (χ0) is 12.1. The summed E-state index contributed by atoms with van der Waals surface area (Å²) in [6, 6.07) is 13.2. The molecule has 0 saturated heterocycles. The third-order valence-electron chi connectivity index (χ3n) is 2.35. The molecule has 0 spiro atoms. The number of para-hydroxylation sites is 1. The molecule has 1 heterocycles. The maximum absolute atomic E-state index is 11.7. The van der Waals surface area contributed by atoms with Gasteiger partial charge in [-0.1, -0.05) is 24.3 Å². The molecule has 2 aromatic rings. The fraction of sp³-hybridized carbons (Fsp3) is 0.154. The Morgan fingerprint density at radius 1 is 1.18 bits per heavy atom. The highest BCUT2D eigenvalue weighted by molar-refractivity contribution is 7.10. The second-order valence-electron chi connectivity index (χ2n) is 3.70. The number of carbonyl (C=O) groups is 1. The third kappa shape index (κ3) is 3.32. The van der Waals surface area contributed by atoms with Crippen molar-refractivity contribution in [3.8, 4) is 0 Å². The number of rotatable bonds is 3. The van der Waals surface area contributed by atoms with Gasteiger partial charge in [0.2, 0.25) is 0 Å². The zero-order valence-electron chi connectivity index (χ0n) is 9.51.